The van der Waals surface area contributed by atoms with Gasteiger partial charge in [-0.25, -0.2) is 0 Å². The fourth-order valence-electron chi connectivity index (χ4n) is 2.30. The predicted octanol–water partition coefficient (Wildman–Crippen LogP) is 3.39. The van der Waals surface area contributed by atoms with Crippen molar-refractivity contribution in [3.05, 3.63) is 75.0 Å². The number of anilines is 1. The number of hydrogen-bond acceptors (Lipinski definition) is 2. The Balaban J connectivity index is 2.14. The second kappa shape index (κ2) is 5.13. The minimum Gasteiger partial charge on any atom is -0.385 e. The normalized spacial score (nSPS) is 10.8. The second-order valence-corrected chi connectivity index (χ2v) is 5.59. The number of fused-ring (bicyclic) bond motifs is 1. The number of pyridine rings is 1. The third kappa shape index (κ3) is 2.34. The van der Waals surface area contributed by atoms with Crippen molar-refractivity contribution in [2.45, 2.75) is 6.54 Å². The molecule has 0 unspecified atom stereocenters. The Morgan fingerprint density at radius 3 is 2.65 bits per heavy atom. The molecular formula is C16H13BrN2O. The molecule has 0 aliphatic rings. The molecule has 0 aliphatic heterocycles. The molecule has 0 spiro atoms. The highest BCUT2D eigenvalue weighted by Gasteiger charge is 2.07. The molecule has 20 heavy (non-hydrogen) atoms. The third-order valence-electron chi connectivity index (χ3n) is 3.28. The van der Waals surface area contributed by atoms with Gasteiger partial charge < -0.3 is 5.73 Å². The largest absolute Gasteiger partial charge is 0.385 e. The first-order valence-electron chi connectivity index (χ1n) is 6.27. The van der Waals surface area contributed by atoms with Crippen LogP contribution in [-0.4, -0.2) is 4.57 Å². The smallest absolute Gasteiger partial charge is 0.260 e. The highest BCUT2D eigenvalue weighted by atomic mass is 79.9. The Bertz CT molecular complexity index is 839. The van der Waals surface area contributed by atoms with Gasteiger partial charge in [0.1, 0.15) is 5.82 Å². The number of aromatic nitrogens is 1. The van der Waals surface area contributed by atoms with Gasteiger partial charge in [0, 0.05) is 9.86 Å². The van der Waals surface area contributed by atoms with Crippen molar-refractivity contribution in [2.24, 2.45) is 0 Å². The van der Waals surface area contributed by atoms with Gasteiger partial charge >= 0.3 is 0 Å². The summed E-state index contributed by atoms with van der Waals surface area (Å²) in [5, 5.41) is 1.57. The van der Waals surface area contributed by atoms with Crippen LogP contribution in [0.3, 0.4) is 0 Å². The number of halogens is 1. The Labute approximate surface area is 124 Å². The highest BCUT2D eigenvalue weighted by molar-refractivity contribution is 9.10. The second-order valence-electron chi connectivity index (χ2n) is 4.68. The monoisotopic (exact) mass is 328 g/mol. The average Bonchev–Trinajstić information content (AvgIpc) is 2.43. The van der Waals surface area contributed by atoms with Crippen LogP contribution in [0.5, 0.6) is 0 Å². The van der Waals surface area contributed by atoms with Gasteiger partial charge in [0.05, 0.1) is 6.54 Å². The molecule has 0 saturated heterocycles. The van der Waals surface area contributed by atoms with E-state index in [4.69, 9.17) is 5.73 Å². The standard InChI is InChI=1S/C16H13BrN2O/c17-13-6-3-4-11(8-13)10-19-15(18)9-12-5-1-2-7-14(12)16(19)20/h1-9H,10,18H2. The molecule has 2 aromatic carbocycles. The molecular weight excluding hydrogens is 316 g/mol. The molecule has 0 aliphatic carbocycles. The first-order chi connectivity index (χ1) is 9.65. The summed E-state index contributed by atoms with van der Waals surface area (Å²) in [6.45, 7) is 0.467. The molecule has 3 nitrogen and oxygen atoms in total. The molecule has 0 fully saturated rings. The van der Waals surface area contributed by atoms with E-state index in [1.165, 1.54) is 0 Å². The molecule has 1 aromatic heterocycles. The van der Waals surface area contributed by atoms with Crippen LogP contribution in [0.25, 0.3) is 10.8 Å². The molecule has 1 heterocycles. The minimum atomic E-state index is -0.0550. The van der Waals surface area contributed by atoms with E-state index >= 15 is 0 Å². The molecule has 0 atom stereocenters. The van der Waals surface area contributed by atoms with Crippen LogP contribution in [0.4, 0.5) is 5.82 Å². The number of hydrogen-bond donors (Lipinski definition) is 1. The van der Waals surface area contributed by atoms with Crippen molar-refractivity contribution in [3.8, 4) is 0 Å². The molecule has 0 radical (unpaired) electrons. The maximum absolute atomic E-state index is 12.5. The number of benzene rings is 2. The van der Waals surface area contributed by atoms with E-state index in [0.29, 0.717) is 17.7 Å². The van der Waals surface area contributed by atoms with Gasteiger partial charge in [-0.15, -0.1) is 0 Å². The molecule has 0 amide bonds. The van der Waals surface area contributed by atoms with Crippen molar-refractivity contribution < 1.29 is 0 Å². The summed E-state index contributed by atoms with van der Waals surface area (Å²) in [4.78, 5) is 12.5. The molecule has 4 heteroatoms. The third-order valence-corrected chi connectivity index (χ3v) is 3.77. The topological polar surface area (TPSA) is 48.0 Å². The molecule has 2 N–H and O–H groups in total. The van der Waals surface area contributed by atoms with Crippen molar-refractivity contribution in [2.75, 3.05) is 5.73 Å². The van der Waals surface area contributed by atoms with Gasteiger partial charge in [0.25, 0.3) is 5.56 Å². The number of nitrogens with zero attached hydrogens (tertiary/aromatic N) is 1. The maximum atomic E-state index is 12.5. The van der Waals surface area contributed by atoms with Gasteiger partial charge in [-0.1, -0.05) is 46.3 Å². The minimum absolute atomic E-state index is 0.0550. The van der Waals surface area contributed by atoms with Crippen LogP contribution in [0.1, 0.15) is 5.56 Å². The lowest BCUT2D eigenvalue weighted by molar-refractivity contribution is 0.780. The molecule has 0 saturated carbocycles. The Hall–Kier alpha value is -2.07. The molecule has 3 aromatic rings. The molecule has 3 rings (SSSR count). The maximum Gasteiger partial charge on any atom is 0.260 e. The van der Waals surface area contributed by atoms with E-state index in [1.54, 1.807) is 4.57 Å². The van der Waals surface area contributed by atoms with Crippen molar-refractivity contribution >= 4 is 32.5 Å². The van der Waals surface area contributed by atoms with E-state index in [-0.39, 0.29) is 5.56 Å². The van der Waals surface area contributed by atoms with Crippen LogP contribution in [0.2, 0.25) is 0 Å². The summed E-state index contributed by atoms with van der Waals surface area (Å²) in [5.41, 5.74) is 7.00. The van der Waals surface area contributed by atoms with Gasteiger partial charge in [0.2, 0.25) is 0 Å². The van der Waals surface area contributed by atoms with Crippen molar-refractivity contribution in [1.82, 2.24) is 4.57 Å². The summed E-state index contributed by atoms with van der Waals surface area (Å²) < 4.78 is 2.59. The summed E-state index contributed by atoms with van der Waals surface area (Å²) in [5.74, 6) is 0.480. The zero-order valence-corrected chi connectivity index (χ0v) is 12.3. The number of rotatable bonds is 2. The van der Waals surface area contributed by atoms with Gasteiger partial charge in [0.15, 0.2) is 0 Å². The zero-order valence-electron chi connectivity index (χ0n) is 10.7. The highest BCUT2D eigenvalue weighted by Crippen LogP contribution is 2.16. The van der Waals surface area contributed by atoms with Crippen LogP contribution >= 0.6 is 15.9 Å². The van der Waals surface area contributed by atoms with Crippen LogP contribution in [-0.2, 0) is 6.54 Å². The van der Waals surface area contributed by atoms with E-state index < -0.39 is 0 Å². The Kier molecular flexibility index (Phi) is 3.32. The lowest BCUT2D eigenvalue weighted by Gasteiger charge is -2.11. The zero-order chi connectivity index (χ0) is 14.1. The van der Waals surface area contributed by atoms with Crippen LogP contribution in [0, 0.1) is 0 Å². The number of nitrogens with two attached hydrogens (primary N) is 1. The lowest BCUT2D eigenvalue weighted by atomic mass is 10.1. The number of nitrogen functional groups attached to an aromatic ring is 1. The Morgan fingerprint density at radius 2 is 1.85 bits per heavy atom. The van der Waals surface area contributed by atoms with E-state index in [2.05, 4.69) is 15.9 Å². The first kappa shape index (κ1) is 12.9. The SMILES string of the molecule is Nc1cc2ccccc2c(=O)n1Cc1cccc(Br)c1. The van der Waals surface area contributed by atoms with Gasteiger partial charge in [-0.2, -0.15) is 0 Å². The van der Waals surface area contributed by atoms with E-state index in [9.17, 15) is 4.79 Å². The van der Waals surface area contributed by atoms with E-state index in [0.717, 1.165) is 15.4 Å². The molecule has 100 valence electrons. The van der Waals surface area contributed by atoms with E-state index in [1.807, 2.05) is 54.6 Å². The van der Waals surface area contributed by atoms with Crippen molar-refractivity contribution in [3.63, 3.8) is 0 Å². The van der Waals surface area contributed by atoms with Gasteiger partial charge in [-0.3, -0.25) is 9.36 Å². The summed E-state index contributed by atoms with van der Waals surface area (Å²) in [6.07, 6.45) is 0. The van der Waals surface area contributed by atoms with Crippen LogP contribution < -0.4 is 11.3 Å². The average molecular weight is 329 g/mol. The summed E-state index contributed by atoms with van der Waals surface area (Å²) in [7, 11) is 0. The quantitative estimate of drug-likeness (QED) is 0.783. The van der Waals surface area contributed by atoms with Gasteiger partial charge in [-0.05, 0) is 35.2 Å². The lowest BCUT2D eigenvalue weighted by Crippen LogP contribution is -2.23. The summed E-state index contributed by atoms with van der Waals surface area (Å²) >= 11 is 3.43. The fraction of sp³-hybridized carbons (Fsp3) is 0.0625. The van der Waals surface area contributed by atoms with Crippen molar-refractivity contribution in [1.29, 1.82) is 0 Å². The van der Waals surface area contributed by atoms with Crippen LogP contribution in [0.15, 0.2) is 63.9 Å². The first-order valence-corrected chi connectivity index (χ1v) is 7.07. The molecule has 0 bridgehead atoms. The predicted molar refractivity (Wildman–Crippen MR) is 85.9 cm³/mol. The summed E-state index contributed by atoms with van der Waals surface area (Å²) in [6, 6.07) is 17.2. The Morgan fingerprint density at radius 1 is 1.05 bits per heavy atom. The fourth-order valence-corrected chi connectivity index (χ4v) is 2.75.